The molecule has 2 rings (SSSR count). The zero-order chi connectivity index (χ0) is 8.01. The molecule has 11 heavy (non-hydrogen) atoms. The molecule has 0 spiro atoms. The number of fused-ring (bicyclic) bond motifs is 1. The number of piperidine rings is 1. The van der Waals surface area contributed by atoms with Crippen LogP contribution in [0.2, 0.25) is 0 Å². The molecule has 2 aliphatic rings. The summed E-state index contributed by atoms with van der Waals surface area (Å²) in [5.41, 5.74) is 0. The van der Waals surface area contributed by atoms with Gasteiger partial charge in [0.2, 0.25) is 0 Å². The Morgan fingerprint density at radius 3 is 2.36 bits per heavy atom. The predicted molar refractivity (Wildman–Crippen MR) is 35.5 cm³/mol. The molecule has 0 aromatic heterocycles. The number of carboxylic acids is 1. The zero-order valence-electron chi connectivity index (χ0n) is 5.80. The van der Waals surface area contributed by atoms with Gasteiger partial charge in [-0.05, 0) is 11.8 Å². The second-order valence-corrected chi connectivity index (χ2v) is 3.14. The van der Waals surface area contributed by atoms with E-state index < -0.39 is 5.97 Å². The van der Waals surface area contributed by atoms with Crippen LogP contribution in [0.3, 0.4) is 0 Å². The summed E-state index contributed by atoms with van der Waals surface area (Å²) in [4.78, 5) is 20.4. The van der Waals surface area contributed by atoms with Gasteiger partial charge >= 0.3 is 5.97 Å². The Labute approximate surface area is 62.9 Å². The minimum atomic E-state index is -0.731. The molecule has 1 aliphatic heterocycles. The molecule has 2 unspecified atom stereocenters. The van der Waals surface area contributed by atoms with Crippen molar-refractivity contribution in [3.05, 3.63) is 4.91 Å². The lowest BCUT2D eigenvalue weighted by Crippen LogP contribution is -2.20. The van der Waals surface area contributed by atoms with Crippen molar-refractivity contribution in [1.82, 2.24) is 5.01 Å². The fraction of sp³-hybridized carbons (Fsp3) is 0.833. The number of hydrogen-bond donors (Lipinski definition) is 1. The maximum Gasteiger partial charge on any atom is 0.307 e. The smallest absolute Gasteiger partial charge is 0.307 e. The molecule has 0 aromatic rings. The molecule has 1 aliphatic carbocycles. The summed E-state index contributed by atoms with van der Waals surface area (Å²) in [5, 5.41) is 12.7. The highest BCUT2D eigenvalue weighted by atomic mass is 16.4. The van der Waals surface area contributed by atoms with Crippen molar-refractivity contribution in [2.24, 2.45) is 23.0 Å². The molecule has 2 fully saturated rings. The first kappa shape index (κ1) is 6.57. The van der Waals surface area contributed by atoms with E-state index in [9.17, 15) is 9.70 Å². The highest BCUT2D eigenvalue weighted by molar-refractivity contribution is 5.74. The zero-order valence-corrected chi connectivity index (χ0v) is 5.80. The third kappa shape index (κ3) is 0.800. The third-order valence-electron chi connectivity index (χ3n) is 2.58. The van der Waals surface area contributed by atoms with Gasteiger partial charge in [0.25, 0.3) is 0 Å². The Hall–Kier alpha value is -1.13. The van der Waals surface area contributed by atoms with E-state index in [1.807, 2.05) is 0 Å². The average molecular weight is 156 g/mol. The Morgan fingerprint density at radius 1 is 1.45 bits per heavy atom. The van der Waals surface area contributed by atoms with E-state index in [0.29, 0.717) is 13.1 Å². The van der Waals surface area contributed by atoms with E-state index in [1.54, 1.807) is 0 Å². The van der Waals surface area contributed by atoms with Gasteiger partial charge in [-0.2, -0.15) is 0 Å². The van der Waals surface area contributed by atoms with Crippen molar-refractivity contribution in [3.8, 4) is 0 Å². The van der Waals surface area contributed by atoms with Crippen LogP contribution < -0.4 is 0 Å². The summed E-state index contributed by atoms with van der Waals surface area (Å²) in [5.74, 6) is -0.561. The number of rotatable bonds is 2. The van der Waals surface area contributed by atoms with Crippen molar-refractivity contribution in [3.63, 3.8) is 0 Å². The number of aliphatic carboxylic acids is 1. The highest BCUT2D eigenvalue weighted by Crippen LogP contribution is 2.51. The summed E-state index contributed by atoms with van der Waals surface area (Å²) >= 11 is 0. The number of carboxylic acid groups (broad SMARTS) is 1. The molecule has 60 valence electrons. The van der Waals surface area contributed by atoms with Crippen LogP contribution in [0.4, 0.5) is 0 Å². The lowest BCUT2D eigenvalue weighted by Gasteiger charge is -2.08. The third-order valence-corrected chi connectivity index (χ3v) is 2.58. The van der Waals surface area contributed by atoms with Crippen molar-refractivity contribution >= 4 is 5.97 Å². The molecule has 1 N–H and O–H groups in total. The quantitative estimate of drug-likeness (QED) is 0.568. The van der Waals surface area contributed by atoms with Gasteiger partial charge in [-0.25, -0.2) is 0 Å². The number of hydrogen-bond acceptors (Lipinski definition) is 3. The molecule has 5 heteroatoms. The summed E-state index contributed by atoms with van der Waals surface area (Å²) in [7, 11) is 0. The van der Waals surface area contributed by atoms with Gasteiger partial charge in [-0.1, -0.05) is 0 Å². The fourth-order valence-electron chi connectivity index (χ4n) is 1.94. The van der Waals surface area contributed by atoms with E-state index in [1.165, 1.54) is 5.01 Å². The molecule has 0 amide bonds. The molecule has 0 aromatic carbocycles. The SMILES string of the molecule is O=NN1CC2C(C1)C2C(=O)O. The lowest BCUT2D eigenvalue weighted by molar-refractivity contribution is -0.139. The van der Waals surface area contributed by atoms with E-state index in [2.05, 4.69) is 5.29 Å². The molecular formula is C6H8N2O3. The average Bonchev–Trinajstić information content (AvgIpc) is 2.48. The molecular weight excluding hydrogens is 148 g/mol. The highest BCUT2D eigenvalue weighted by Gasteiger charge is 2.60. The molecule has 1 saturated carbocycles. The van der Waals surface area contributed by atoms with Gasteiger partial charge in [0.05, 0.1) is 11.2 Å². The molecule has 2 atom stereocenters. The largest absolute Gasteiger partial charge is 0.481 e. The van der Waals surface area contributed by atoms with E-state index >= 15 is 0 Å². The molecule has 1 saturated heterocycles. The van der Waals surface area contributed by atoms with Gasteiger partial charge in [-0.3, -0.25) is 9.80 Å². The Balaban J connectivity index is 1.95. The van der Waals surface area contributed by atoms with Crippen molar-refractivity contribution in [1.29, 1.82) is 0 Å². The van der Waals surface area contributed by atoms with Crippen molar-refractivity contribution < 1.29 is 9.90 Å². The van der Waals surface area contributed by atoms with Crippen LogP contribution in [0.5, 0.6) is 0 Å². The van der Waals surface area contributed by atoms with Crippen LogP contribution in [0.15, 0.2) is 5.29 Å². The fourth-order valence-corrected chi connectivity index (χ4v) is 1.94. The van der Waals surface area contributed by atoms with Crippen LogP contribution >= 0.6 is 0 Å². The monoisotopic (exact) mass is 156 g/mol. The topological polar surface area (TPSA) is 70.0 Å². The van der Waals surface area contributed by atoms with Gasteiger partial charge in [0, 0.05) is 13.1 Å². The maximum atomic E-state index is 10.4. The Kier molecular flexibility index (Phi) is 1.15. The van der Waals surface area contributed by atoms with Gasteiger partial charge in [0.15, 0.2) is 0 Å². The van der Waals surface area contributed by atoms with Crippen LogP contribution in [-0.4, -0.2) is 29.2 Å². The molecule has 5 nitrogen and oxygen atoms in total. The van der Waals surface area contributed by atoms with Gasteiger partial charge in [0.1, 0.15) is 0 Å². The van der Waals surface area contributed by atoms with Crippen LogP contribution in [0, 0.1) is 22.7 Å². The number of nitrogens with zero attached hydrogens (tertiary/aromatic N) is 2. The summed E-state index contributed by atoms with van der Waals surface area (Å²) < 4.78 is 0. The first-order valence-electron chi connectivity index (χ1n) is 3.55. The van der Waals surface area contributed by atoms with E-state index in [0.717, 1.165) is 0 Å². The van der Waals surface area contributed by atoms with E-state index in [-0.39, 0.29) is 17.8 Å². The molecule has 1 heterocycles. The molecule has 0 radical (unpaired) electrons. The van der Waals surface area contributed by atoms with Gasteiger partial charge in [-0.15, -0.1) is 4.91 Å². The standard InChI is InChI=1S/C6H8N2O3/c9-6(10)5-3-1-8(7-11)2-4(3)5/h3-5H,1-2H2,(H,9,10). The molecule has 0 bridgehead atoms. The Morgan fingerprint density at radius 2 is 2.00 bits per heavy atom. The summed E-state index contributed by atoms with van der Waals surface area (Å²) in [6.07, 6.45) is 0. The first-order chi connectivity index (χ1) is 5.24. The van der Waals surface area contributed by atoms with Crippen molar-refractivity contribution in [2.75, 3.05) is 13.1 Å². The summed E-state index contributed by atoms with van der Waals surface area (Å²) in [6.45, 7) is 1.07. The van der Waals surface area contributed by atoms with Crippen LogP contribution in [0.1, 0.15) is 0 Å². The van der Waals surface area contributed by atoms with Crippen LogP contribution in [-0.2, 0) is 4.79 Å². The number of nitroso groups, excluding NO2 is 1. The van der Waals surface area contributed by atoms with Crippen molar-refractivity contribution in [2.45, 2.75) is 0 Å². The maximum absolute atomic E-state index is 10.4. The normalized spacial score (nSPS) is 40.0. The Bertz CT molecular complexity index is 206. The second-order valence-electron chi connectivity index (χ2n) is 3.14. The lowest BCUT2D eigenvalue weighted by atomic mass is 10.3. The predicted octanol–water partition coefficient (Wildman–Crippen LogP) is -0.0698. The van der Waals surface area contributed by atoms with Crippen LogP contribution in [0.25, 0.3) is 0 Å². The number of carbonyl (C=O) groups is 1. The van der Waals surface area contributed by atoms with Gasteiger partial charge < -0.3 is 5.11 Å². The first-order valence-corrected chi connectivity index (χ1v) is 3.55. The minimum Gasteiger partial charge on any atom is -0.481 e. The van der Waals surface area contributed by atoms with E-state index in [4.69, 9.17) is 5.11 Å². The minimum absolute atomic E-state index is 0.185. The second kappa shape index (κ2) is 1.93. The summed E-state index contributed by atoms with van der Waals surface area (Å²) in [6, 6.07) is 0.